The average molecular weight is 310 g/mol. The summed E-state index contributed by atoms with van der Waals surface area (Å²) >= 11 is 0. The van der Waals surface area contributed by atoms with E-state index >= 15 is 0 Å². The SMILES string of the molecule is CN(c1ccccc1)c1ccccc1C(=O)NC[C@H]1CCCO1. The fraction of sp³-hybridized carbons (Fsp3) is 0.316. The van der Waals surface area contributed by atoms with Crippen LogP contribution in [0.3, 0.4) is 0 Å². The van der Waals surface area contributed by atoms with Crippen LogP contribution >= 0.6 is 0 Å². The number of nitrogens with zero attached hydrogens (tertiary/aromatic N) is 1. The summed E-state index contributed by atoms with van der Waals surface area (Å²) in [7, 11) is 1.97. The molecule has 1 fully saturated rings. The van der Waals surface area contributed by atoms with Gasteiger partial charge < -0.3 is 15.0 Å². The molecule has 23 heavy (non-hydrogen) atoms. The van der Waals surface area contributed by atoms with Crippen LogP contribution < -0.4 is 10.2 Å². The van der Waals surface area contributed by atoms with E-state index in [-0.39, 0.29) is 12.0 Å². The van der Waals surface area contributed by atoms with Gasteiger partial charge in [-0.25, -0.2) is 0 Å². The second-order valence-corrected chi connectivity index (χ2v) is 5.76. The van der Waals surface area contributed by atoms with E-state index in [1.165, 1.54) is 0 Å². The molecule has 2 aromatic carbocycles. The van der Waals surface area contributed by atoms with Crippen molar-refractivity contribution < 1.29 is 9.53 Å². The van der Waals surface area contributed by atoms with Crippen LogP contribution in [-0.4, -0.2) is 32.2 Å². The molecule has 1 amide bonds. The Hall–Kier alpha value is -2.33. The van der Waals surface area contributed by atoms with E-state index in [0.29, 0.717) is 12.1 Å². The summed E-state index contributed by atoms with van der Waals surface area (Å²) < 4.78 is 5.56. The molecule has 1 aliphatic rings. The van der Waals surface area contributed by atoms with Gasteiger partial charge in [0.15, 0.2) is 0 Å². The van der Waals surface area contributed by atoms with E-state index in [0.717, 1.165) is 30.8 Å². The van der Waals surface area contributed by atoms with Gasteiger partial charge in [0.1, 0.15) is 0 Å². The maximum absolute atomic E-state index is 12.6. The van der Waals surface area contributed by atoms with Crippen molar-refractivity contribution in [2.75, 3.05) is 25.1 Å². The molecule has 1 saturated heterocycles. The van der Waals surface area contributed by atoms with Crippen LogP contribution in [0.1, 0.15) is 23.2 Å². The molecule has 1 atom stereocenters. The summed E-state index contributed by atoms with van der Waals surface area (Å²) in [6.45, 7) is 1.37. The highest BCUT2D eigenvalue weighted by Crippen LogP contribution is 2.26. The number of carbonyl (C=O) groups excluding carboxylic acids is 1. The van der Waals surface area contributed by atoms with E-state index in [1.807, 2.05) is 66.5 Å². The van der Waals surface area contributed by atoms with Crippen LogP contribution in [0.4, 0.5) is 11.4 Å². The highest BCUT2D eigenvalue weighted by molar-refractivity contribution is 6.00. The Kier molecular flexibility index (Phi) is 4.93. The first-order valence-corrected chi connectivity index (χ1v) is 8.03. The summed E-state index contributed by atoms with van der Waals surface area (Å²) in [6, 6.07) is 17.7. The number of ether oxygens (including phenoxy) is 1. The van der Waals surface area contributed by atoms with Crippen molar-refractivity contribution in [1.29, 1.82) is 0 Å². The molecule has 4 heteroatoms. The minimum absolute atomic E-state index is 0.0566. The van der Waals surface area contributed by atoms with Crippen LogP contribution in [0.25, 0.3) is 0 Å². The normalized spacial score (nSPS) is 17.0. The first-order chi connectivity index (χ1) is 11.3. The molecular weight excluding hydrogens is 288 g/mol. The monoisotopic (exact) mass is 310 g/mol. The van der Waals surface area contributed by atoms with E-state index in [9.17, 15) is 4.79 Å². The molecule has 0 bridgehead atoms. The quantitative estimate of drug-likeness (QED) is 0.920. The Labute approximate surface area is 137 Å². The van der Waals surface area contributed by atoms with Gasteiger partial charge in [-0.05, 0) is 37.1 Å². The minimum atomic E-state index is -0.0566. The zero-order valence-corrected chi connectivity index (χ0v) is 13.4. The summed E-state index contributed by atoms with van der Waals surface area (Å²) in [5, 5.41) is 3.00. The van der Waals surface area contributed by atoms with Gasteiger partial charge in [0.2, 0.25) is 0 Å². The molecule has 4 nitrogen and oxygen atoms in total. The lowest BCUT2D eigenvalue weighted by Crippen LogP contribution is -2.32. The van der Waals surface area contributed by atoms with Crippen LogP contribution in [-0.2, 0) is 4.74 Å². The van der Waals surface area contributed by atoms with Gasteiger partial charge >= 0.3 is 0 Å². The molecule has 0 aromatic heterocycles. The van der Waals surface area contributed by atoms with Gasteiger partial charge in [-0.2, -0.15) is 0 Å². The zero-order chi connectivity index (χ0) is 16.1. The van der Waals surface area contributed by atoms with Crippen LogP contribution in [0.2, 0.25) is 0 Å². The Morgan fingerprint density at radius 2 is 1.91 bits per heavy atom. The number of para-hydroxylation sites is 2. The van der Waals surface area contributed by atoms with E-state index in [1.54, 1.807) is 0 Å². The summed E-state index contributed by atoms with van der Waals surface area (Å²) in [4.78, 5) is 14.6. The number of benzene rings is 2. The Bertz CT molecular complexity index is 651. The van der Waals surface area contributed by atoms with Crippen LogP contribution in [0.15, 0.2) is 54.6 Å². The second kappa shape index (κ2) is 7.29. The maximum atomic E-state index is 12.6. The Balaban J connectivity index is 1.75. The summed E-state index contributed by atoms with van der Waals surface area (Å²) in [5.74, 6) is -0.0566. The van der Waals surface area contributed by atoms with E-state index < -0.39 is 0 Å². The van der Waals surface area contributed by atoms with Gasteiger partial charge in [-0.1, -0.05) is 30.3 Å². The molecule has 0 spiro atoms. The van der Waals surface area contributed by atoms with Gasteiger partial charge in [0, 0.05) is 25.9 Å². The van der Waals surface area contributed by atoms with Crippen molar-refractivity contribution in [1.82, 2.24) is 5.32 Å². The standard InChI is InChI=1S/C19H22N2O2/c1-21(15-8-3-2-4-9-15)18-12-6-5-11-17(18)19(22)20-14-16-10-7-13-23-16/h2-6,8-9,11-12,16H,7,10,13-14H2,1H3,(H,20,22)/t16-/m1/s1. The van der Waals surface area contributed by atoms with Crippen LogP contribution in [0, 0.1) is 0 Å². The van der Waals surface area contributed by atoms with Crippen molar-refractivity contribution in [3.63, 3.8) is 0 Å². The molecule has 1 aliphatic heterocycles. The molecule has 3 rings (SSSR count). The van der Waals surface area contributed by atoms with Gasteiger partial charge in [0.05, 0.1) is 17.4 Å². The minimum Gasteiger partial charge on any atom is -0.376 e. The second-order valence-electron chi connectivity index (χ2n) is 5.76. The number of carbonyl (C=O) groups is 1. The van der Waals surface area contributed by atoms with Crippen molar-refractivity contribution >= 4 is 17.3 Å². The van der Waals surface area contributed by atoms with Crippen molar-refractivity contribution in [3.05, 3.63) is 60.2 Å². The highest BCUT2D eigenvalue weighted by Gasteiger charge is 2.19. The molecule has 0 saturated carbocycles. The smallest absolute Gasteiger partial charge is 0.253 e. The lowest BCUT2D eigenvalue weighted by atomic mass is 10.1. The molecular formula is C19H22N2O2. The molecule has 0 aliphatic carbocycles. The number of hydrogen-bond donors (Lipinski definition) is 1. The predicted octanol–water partition coefficient (Wildman–Crippen LogP) is 3.36. The first-order valence-electron chi connectivity index (χ1n) is 8.03. The third kappa shape index (κ3) is 3.71. The zero-order valence-electron chi connectivity index (χ0n) is 13.4. The average Bonchev–Trinajstić information content (AvgIpc) is 3.13. The molecule has 0 radical (unpaired) electrons. The topological polar surface area (TPSA) is 41.6 Å². The van der Waals surface area contributed by atoms with Gasteiger partial charge in [0.25, 0.3) is 5.91 Å². The molecule has 2 aromatic rings. The number of anilines is 2. The molecule has 0 unspecified atom stereocenters. The number of hydrogen-bond acceptors (Lipinski definition) is 3. The van der Waals surface area contributed by atoms with Crippen molar-refractivity contribution in [3.8, 4) is 0 Å². The highest BCUT2D eigenvalue weighted by atomic mass is 16.5. The van der Waals surface area contributed by atoms with Gasteiger partial charge in [-0.15, -0.1) is 0 Å². The lowest BCUT2D eigenvalue weighted by Gasteiger charge is -2.22. The third-order valence-electron chi connectivity index (χ3n) is 4.17. The molecule has 1 N–H and O–H groups in total. The molecule has 1 heterocycles. The van der Waals surface area contributed by atoms with Crippen molar-refractivity contribution in [2.45, 2.75) is 18.9 Å². The third-order valence-corrected chi connectivity index (χ3v) is 4.17. The van der Waals surface area contributed by atoms with Crippen LogP contribution in [0.5, 0.6) is 0 Å². The fourth-order valence-corrected chi connectivity index (χ4v) is 2.86. The van der Waals surface area contributed by atoms with Crippen molar-refractivity contribution in [2.24, 2.45) is 0 Å². The number of amides is 1. The Morgan fingerprint density at radius 3 is 2.65 bits per heavy atom. The van der Waals surface area contributed by atoms with E-state index in [4.69, 9.17) is 4.74 Å². The molecule has 120 valence electrons. The Morgan fingerprint density at radius 1 is 1.17 bits per heavy atom. The summed E-state index contributed by atoms with van der Waals surface area (Å²) in [6.07, 6.45) is 2.25. The van der Waals surface area contributed by atoms with E-state index in [2.05, 4.69) is 5.32 Å². The fourth-order valence-electron chi connectivity index (χ4n) is 2.86. The lowest BCUT2D eigenvalue weighted by molar-refractivity contribution is 0.0858. The number of rotatable bonds is 5. The largest absolute Gasteiger partial charge is 0.376 e. The van der Waals surface area contributed by atoms with Gasteiger partial charge in [-0.3, -0.25) is 4.79 Å². The first kappa shape index (κ1) is 15.6. The summed E-state index contributed by atoms with van der Waals surface area (Å²) in [5.41, 5.74) is 2.62. The number of nitrogens with one attached hydrogen (secondary N) is 1. The maximum Gasteiger partial charge on any atom is 0.253 e. The predicted molar refractivity (Wildman–Crippen MR) is 92.3 cm³/mol.